The molecule has 21 heavy (non-hydrogen) atoms. The van der Waals surface area contributed by atoms with Crippen LogP contribution in [0.25, 0.3) is 5.69 Å². The molecule has 1 aliphatic rings. The lowest BCUT2D eigenvalue weighted by Gasteiger charge is -2.17. The summed E-state index contributed by atoms with van der Waals surface area (Å²) in [5, 5.41) is 3.56. The van der Waals surface area contributed by atoms with Gasteiger partial charge in [0.1, 0.15) is 0 Å². The van der Waals surface area contributed by atoms with Gasteiger partial charge in [-0.3, -0.25) is 0 Å². The summed E-state index contributed by atoms with van der Waals surface area (Å²) in [5.74, 6) is 0. The fraction of sp³-hybridized carbons (Fsp3) is 0.500. The maximum absolute atomic E-state index is 4.60. The topological polar surface area (TPSA) is 29.9 Å². The third-order valence-electron chi connectivity index (χ3n) is 4.38. The Bertz CT molecular complexity index is 600. The monoisotopic (exact) mass is 283 g/mol. The number of nitrogens with zero attached hydrogens (tertiary/aromatic N) is 2. The quantitative estimate of drug-likeness (QED) is 0.904. The van der Waals surface area contributed by atoms with E-state index in [0.717, 1.165) is 19.4 Å². The van der Waals surface area contributed by atoms with Crippen LogP contribution in [0, 0.1) is 0 Å². The first kappa shape index (κ1) is 14.3. The first-order chi connectivity index (χ1) is 10.3. The number of fused-ring (bicyclic) bond motifs is 1. The summed E-state index contributed by atoms with van der Waals surface area (Å²) in [6, 6.07) is 9.24. The van der Waals surface area contributed by atoms with Crippen LogP contribution in [0.1, 0.15) is 56.1 Å². The van der Waals surface area contributed by atoms with Gasteiger partial charge < -0.3 is 9.88 Å². The van der Waals surface area contributed by atoms with E-state index in [4.69, 9.17) is 0 Å². The van der Waals surface area contributed by atoms with Crippen molar-refractivity contribution in [3.05, 3.63) is 47.5 Å². The van der Waals surface area contributed by atoms with Gasteiger partial charge in [0, 0.05) is 17.4 Å². The maximum atomic E-state index is 4.60. The van der Waals surface area contributed by atoms with E-state index in [9.17, 15) is 0 Å². The number of benzene rings is 1. The van der Waals surface area contributed by atoms with Crippen LogP contribution >= 0.6 is 0 Å². The van der Waals surface area contributed by atoms with Crippen LogP contribution < -0.4 is 5.32 Å². The van der Waals surface area contributed by atoms with E-state index in [1.807, 2.05) is 6.33 Å². The van der Waals surface area contributed by atoms with Crippen molar-refractivity contribution in [2.75, 3.05) is 6.54 Å². The molecule has 0 aliphatic heterocycles. The van der Waals surface area contributed by atoms with Gasteiger partial charge in [-0.15, -0.1) is 0 Å². The second-order valence-corrected chi connectivity index (χ2v) is 5.99. The molecule has 0 fully saturated rings. The standard InChI is InChI=1S/C18H25N3/c1-3-11-19-14(2)15-7-6-8-16(12-15)21-13-20-17-9-4-5-10-18(17)21/h6-8,12-14,19H,3-5,9-11H2,1-2H3. The number of aromatic nitrogens is 2. The van der Waals surface area contributed by atoms with Gasteiger partial charge in [-0.05, 0) is 63.3 Å². The van der Waals surface area contributed by atoms with Gasteiger partial charge >= 0.3 is 0 Å². The molecule has 0 saturated heterocycles. The number of aryl methyl sites for hydroxylation is 1. The number of imidazole rings is 1. The fourth-order valence-corrected chi connectivity index (χ4v) is 3.11. The summed E-state index contributed by atoms with van der Waals surface area (Å²) in [4.78, 5) is 4.60. The Morgan fingerprint density at radius 3 is 3.00 bits per heavy atom. The summed E-state index contributed by atoms with van der Waals surface area (Å²) in [6.45, 7) is 5.50. The van der Waals surface area contributed by atoms with Crippen molar-refractivity contribution in [1.82, 2.24) is 14.9 Å². The average molecular weight is 283 g/mol. The zero-order valence-electron chi connectivity index (χ0n) is 13.1. The Morgan fingerprint density at radius 2 is 2.14 bits per heavy atom. The largest absolute Gasteiger partial charge is 0.310 e. The van der Waals surface area contributed by atoms with Crippen LogP contribution in [0.2, 0.25) is 0 Å². The highest BCUT2D eigenvalue weighted by Gasteiger charge is 2.16. The number of rotatable bonds is 5. The molecular formula is C18H25N3. The Morgan fingerprint density at radius 1 is 1.29 bits per heavy atom. The molecule has 112 valence electrons. The van der Waals surface area contributed by atoms with Crippen LogP contribution in [0.3, 0.4) is 0 Å². The first-order valence-corrected chi connectivity index (χ1v) is 8.18. The van der Waals surface area contributed by atoms with Gasteiger partial charge in [0.05, 0.1) is 12.0 Å². The third kappa shape index (κ3) is 3.03. The maximum Gasteiger partial charge on any atom is 0.0997 e. The second-order valence-electron chi connectivity index (χ2n) is 5.99. The van der Waals surface area contributed by atoms with Crippen molar-refractivity contribution >= 4 is 0 Å². The van der Waals surface area contributed by atoms with Gasteiger partial charge in [0.2, 0.25) is 0 Å². The molecule has 3 heteroatoms. The van der Waals surface area contributed by atoms with Crippen molar-refractivity contribution < 1.29 is 0 Å². The van der Waals surface area contributed by atoms with Crippen molar-refractivity contribution in [3.63, 3.8) is 0 Å². The molecule has 1 aliphatic carbocycles. The van der Waals surface area contributed by atoms with Crippen molar-refractivity contribution in [3.8, 4) is 5.69 Å². The lowest BCUT2D eigenvalue weighted by atomic mass is 10.0. The highest BCUT2D eigenvalue weighted by molar-refractivity contribution is 5.40. The lowest BCUT2D eigenvalue weighted by Crippen LogP contribution is -2.19. The minimum atomic E-state index is 0.393. The number of hydrogen-bond donors (Lipinski definition) is 1. The van der Waals surface area contributed by atoms with Gasteiger partial charge in [-0.2, -0.15) is 0 Å². The van der Waals surface area contributed by atoms with E-state index in [-0.39, 0.29) is 0 Å². The van der Waals surface area contributed by atoms with Crippen LogP contribution in [0.4, 0.5) is 0 Å². The van der Waals surface area contributed by atoms with E-state index in [0.29, 0.717) is 6.04 Å². The van der Waals surface area contributed by atoms with Crippen molar-refractivity contribution in [2.45, 2.75) is 52.0 Å². The molecule has 0 bridgehead atoms. The van der Waals surface area contributed by atoms with E-state index in [2.05, 4.69) is 53.0 Å². The molecular weight excluding hydrogens is 258 g/mol. The summed E-state index contributed by atoms with van der Waals surface area (Å²) in [5.41, 5.74) is 5.30. The van der Waals surface area contributed by atoms with Crippen molar-refractivity contribution in [1.29, 1.82) is 0 Å². The van der Waals surface area contributed by atoms with Gasteiger partial charge in [0.15, 0.2) is 0 Å². The van der Waals surface area contributed by atoms with Crippen LogP contribution in [0.15, 0.2) is 30.6 Å². The number of nitrogens with one attached hydrogen (secondary N) is 1. The van der Waals surface area contributed by atoms with Crippen LogP contribution in [-0.2, 0) is 12.8 Å². The third-order valence-corrected chi connectivity index (χ3v) is 4.38. The molecule has 1 unspecified atom stereocenters. The van der Waals surface area contributed by atoms with E-state index < -0.39 is 0 Å². The molecule has 2 aromatic rings. The normalized spacial score (nSPS) is 15.7. The van der Waals surface area contributed by atoms with Gasteiger partial charge in [0.25, 0.3) is 0 Å². The SMILES string of the molecule is CCCNC(C)c1cccc(-n2cnc3c2CCCC3)c1. The molecule has 3 nitrogen and oxygen atoms in total. The zero-order valence-corrected chi connectivity index (χ0v) is 13.1. The minimum Gasteiger partial charge on any atom is -0.310 e. The Kier molecular flexibility index (Phi) is 4.39. The molecule has 1 heterocycles. The highest BCUT2D eigenvalue weighted by atomic mass is 15.1. The Labute approximate surface area is 127 Å². The van der Waals surface area contributed by atoms with Crippen LogP contribution in [-0.4, -0.2) is 16.1 Å². The molecule has 0 spiro atoms. The van der Waals surface area contributed by atoms with Gasteiger partial charge in [-0.25, -0.2) is 4.98 Å². The first-order valence-electron chi connectivity index (χ1n) is 8.18. The fourth-order valence-electron chi connectivity index (χ4n) is 3.11. The predicted molar refractivity (Wildman–Crippen MR) is 86.9 cm³/mol. The highest BCUT2D eigenvalue weighted by Crippen LogP contribution is 2.24. The Hall–Kier alpha value is -1.61. The Balaban J connectivity index is 1.87. The minimum absolute atomic E-state index is 0.393. The summed E-state index contributed by atoms with van der Waals surface area (Å²) >= 11 is 0. The lowest BCUT2D eigenvalue weighted by molar-refractivity contribution is 0.570. The molecule has 1 atom stereocenters. The zero-order chi connectivity index (χ0) is 14.7. The predicted octanol–water partition coefficient (Wildman–Crippen LogP) is 3.81. The summed E-state index contributed by atoms with van der Waals surface area (Å²) in [7, 11) is 0. The molecule has 0 amide bonds. The van der Waals surface area contributed by atoms with E-state index in [1.54, 1.807) is 0 Å². The van der Waals surface area contributed by atoms with Crippen LogP contribution in [0.5, 0.6) is 0 Å². The molecule has 1 aromatic heterocycles. The second kappa shape index (κ2) is 6.44. The van der Waals surface area contributed by atoms with Gasteiger partial charge in [-0.1, -0.05) is 19.1 Å². The molecule has 3 rings (SSSR count). The van der Waals surface area contributed by atoms with E-state index >= 15 is 0 Å². The molecule has 1 aromatic carbocycles. The number of hydrogen-bond acceptors (Lipinski definition) is 2. The summed E-state index contributed by atoms with van der Waals surface area (Å²) in [6.07, 6.45) is 8.02. The molecule has 0 radical (unpaired) electrons. The summed E-state index contributed by atoms with van der Waals surface area (Å²) < 4.78 is 2.28. The molecule has 1 N–H and O–H groups in total. The molecule has 0 saturated carbocycles. The average Bonchev–Trinajstić information content (AvgIpc) is 2.97. The van der Waals surface area contributed by atoms with E-state index in [1.165, 1.54) is 41.9 Å². The smallest absolute Gasteiger partial charge is 0.0997 e. The van der Waals surface area contributed by atoms with Crippen molar-refractivity contribution in [2.24, 2.45) is 0 Å².